The number of hydrogen-bond acceptors (Lipinski definition) is 2. The summed E-state index contributed by atoms with van der Waals surface area (Å²) < 4.78 is 0. The van der Waals surface area contributed by atoms with Gasteiger partial charge in [-0.1, -0.05) is 26.2 Å². The lowest BCUT2D eigenvalue weighted by molar-refractivity contribution is 0.327. The van der Waals surface area contributed by atoms with E-state index in [0.717, 1.165) is 11.6 Å². The first-order valence-electron chi connectivity index (χ1n) is 6.47. The van der Waals surface area contributed by atoms with Crippen LogP contribution in [0.1, 0.15) is 44.7 Å². The molecule has 2 rings (SSSR count). The zero-order chi connectivity index (χ0) is 11.4. The van der Waals surface area contributed by atoms with Crippen LogP contribution in [0.5, 0.6) is 0 Å². The molecule has 1 aliphatic rings. The largest absolute Gasteiger partial charge is 0.381 e. The minimum Gasteiger partial charge on any atom is -0.381 e. The minimum atomic E-state index is 0.656. The van der Waals surface area contributed by atoms with E-state index in [0.29, 0.717) is 6.04 Å². The lowest BCUT2D eigenvalue weighted by Gasteiger charge is -2.29. The Kier molecular flexibility index (Phi) is 3.81. The predicted molar refractivity (Wildman–Crippen MR) is 68.6 cm³/mol. The Bertz CT molecular complexity index is 318. The molecule has 1 aromatic heterocycles. The fourth-order valence-corrected chi connectivity index (χ4v) is 2.58. The summed E-state index contributed by atoms with van der Waals surface area (Å²) in [6.45, 7) is 4.33. The Morgan fingerprint density at radius 3 is 2.94 bits per heavy atom. The molecule has 16 heavy (non-hydrogen) atoms. The fourth-order valence-electron chi connectivity index (χ4n) is 2.58. The quantitative estimate of drug-likeness (QED) is 0.835. The predicted octanol–water partition coefficient (Wildman–Crippen LogP) is 3.77. The number of aromatic nitrogens is 1. The van der Waals surface area contributed by atoms with Gasteiger partial charge in [0.25, 0.3) is 0 Å². The number of rotatable bonds is 3. The maximum atomic E-state index is 4.32. The zero-order valence-electron chi connectivity index (χ0n) is 10.4. The smallest absolute Gasteiger partial charge is 0.0529 e. The molecule has 1 N–H and O–H groups in total. The van der Waals surface area contributed by atoms with Gasteiger partial charge in [0.2, 0.25) is 0 Å². The molecule has 1 aliphatic carbocycles. The Labute approximate surface area is 98.5 Å². The number of nitrogens with zero attached hydrogens (tertiary/aromatic N) is 1. The van der Waals surface area contributed by atoms with Crippen LogP contribution in [0, 0.1) is 12.8 Å². The van der Waals surface area contributed by atoms with Crippen molar-refractivity contribution in [3.8, 4) is 0 Å². The number of pyridine rings is 1. The van der Waals surface area contributed by atoms with Gasteiger partial charge in [0, 0.05) is 11.7 Å². The van der Waals surface area contributed by atoms with Crippen LogP contribution in [0.25, 0.3) is 0 Å². The van der Waals surface area contributed by atoms with Crippen LogP contribution < -0.4 is 5.32 Å². The van der Waals surface area contributed by atoms with Crippen molar-refractivity contribution in [2.45, 2.75) is 52.0 Å². The van der Waals surface area contributed by atoms with Crippen molar-refractivity contribution in [2.75, 3.05) is 5.32 Å². The SMILES string of the molecule is CCC1CCCC(Nc2ccc(C)nc2)C1. The maximum absolute atomic E-state index is 4.32. The van der Waals surface area contributed by atoms with E-state index in [-0.39, 0.29) is 0 Å². The Hall–Kier alpha value is -1.05. The zero-order valence-corrected chi connectivity index (χ0v) is 10.4. The third kappa shape index (κ3) is 2.97. The highest BCUT2D eigenvalue weighted by Crippen LogP contribution is 2.28. The first-order valence-corrected chi connectivity index (χ1v) is 6.47. The average Bonchev–Trinajstić information content (AvgIpc) is 2.32. The van der Waals surface area contributed by atoms with Crippen LogP contribution in [-0.2, 0) is 0 Å². The summed E-state index contributed by atoms with van der Waals surface area (Å²) in [6, 6.07) is 4.86. The van der Waals surface area contributed by atoms with Crippen LogP contribution in [0.2, 0.25) is 0 Å². The average molecular weight is 218 g/mol. The molecule has 0 aliphatic heterocycles. The molecule has 0 spiro atoms. The van der Waals surface area contributed by atoms with Gasteiger partial charge in [-0.2, -0.15) is 0 Å². The van der Waals surface area contributed by atoms with Crippen LogP contribution in [0.3, 0.4) is 0 Å². The van der Waals surface area contributed by atoms with Crippen molar-refractivity contribution in [3.63, 3.8) is 0 Å². The lowest BCUT2D eigenvalue weighted by Crippen LogP contribution is -2.27. The Morgan fingerprint density at radius 1 is 1.38 bits per heavy atom. The lowest BCUT2D eigenvalue weighted by atomic mass is 9.84. The first kappa shape index (κ1) is 11.4. The van der Waals surface area contributed by atoms with E-state index >= 15 is 0 Å². The highest BCUT2D eigenvalue weighted by Gasteiger charge is 2.20. The number of hydrogen-bond donors (Lipinski definition) is 1. The summed E-state index contributed by atoms with van der Waals surface area (Å²) in [5, 5.41) is 3.61. The highest BCUT2D eigenvalue weighted by molar-refractivity contribution is 5.41. The van der Waals surface area contributed by atoms with Crippen LogP contribution in [0.4, 0.5) is 5.69 Å². The van der Waals surface area contributed by atoms with Gasteiger partial charge in [-0.25, -0.2) is 0 Å². The molecule has 2 unspecified atom stereocenters. The summed E-state index contributed by atoms with van der Waals surface area (Å²) in [4.78, 5) is 4.32. The fraction of sp³-hybridized carbons (Fsp3) is 0.643. The summed E-state index contributed by atoms with van der Waals surface area (Å²) in [5.41, 5.74) is 2.26. The van der Waals surface area contributed by atoms with Crippen molar-refractivity contribution < 1.29 is 0 Å². The van der Waals surface area contributed by atoms with Gasteiger partial charge in [0.05, 0.1) is 11.9 Å². The maximum Gasteiger partial charge on any atom is 0.0529 e. The van der Waals surface area contributed by atoms with Gasteiger partial charge in [-0.15, -0.1) is 0 Å². The van der Waals surface area contributed by atoms with Gasteiger partial charge in [-0.05, 0) is 37.8 Å². The second-order valence-electron chi connectivity index (χ2n) is 4.97. The molecule has 2 nitrogen and oxygen atoms in total. The van der Waals surface area contributed by atoms with Gasteiger partial charge in [0.1, 0.15) is 0 Å². The summed E-state index contributed by atoms with van der Waals surface area (Å²) in [7, 11) is 0. The van der Waals surface area contributed by atoms with Crippen molar-refractivity contribution in [1.82, 2.24) is 4.98 Å². The molecule has 0 radical (unpaired) electrons. The summed E-state index contributed by atoms with van der Waals surface area (Å²) >= 11 is 0. The molecule has 2 heteroatoms. The minimum absolute atomic E-state index is 0.656. The van der Waals surface area contributed by atoms with Gasteiger partial charge in [-0.3, -0.25) is 4.98 Å². The topological polar surface area (TPSA) is 24.9 Å². The first-order chi connectivity index (χ1) is 7.78. The standard InChI is InChI=1S/C14H22N2/c1-3-12-5-4-6-13(9-12)16-14-8-7-11(2)15-10-14/h7-8,10,12-13,16H,3-6,9H2,1-2H3. The van der Waals surface area contributed by atoms with Crippen LogP contribution >= 0.6 is 0 Å². The van der Waals surface area contributed by atoms with E-state index in [1.54, 1.807) is 0 Å². The van der Waals surface area contributed by atoms with Crippen LogP contribution in [-0.4, -0.2) is 11.0 Å². The van der Waals surface area contributed by atoms with Gasteiger partial charge in [0.15, 0.2) is 0 Å². The van der Waals surface area contributed by atoms with Crippen molar-refractivity contribution >= 4 is 5.69 Å². The highest BCUT2D eigenvalue weighted by atomic mass is 14.9. The third-order valence-corrected chi connectivity index (χ3v) is 3.64. The Balaban J connectivity index is 1.91. The molecular formula is C14H22N2. The van der Waals surface area contributed by atoms with Crippen LogP contribution in [0.15, 0.2) is 18.3 Å². The number of nitrogens with one attached hydrogen (secondary N) is 1. The van der Waals surface area contributed by atoms with E-state index in [9.17, 15) is 0 Å². The van der Waals surface area contributed by atoms with Crippen molar-refractivity contribution in [1.29, 1.82) is 0 Å². The molecule has 1 aromatic rings. The molecule has 88 valence electrons. The Morgan fingerprint density at radius 2 is 2.25 bits per heavy atom. The molecule has 1 heterocycles. The second-order valence-corrected chi connectivity index (χ2v) is 4.97. The summed E-state index contributed by atoms with van der Waals surface area (Å²) in [5.74, 6) is 0.921. The normalized spacial score (nSPS) is 25.4. The molecular weight excluding hydrogens is 196 g/mol. The summed E-state index contributed by atoms with van der Waals surface area (Å²) in [6.07, 6.45) is 8.69. The molecule has 0 aromatic carbocycles. The second kappa shape index (κ2) is 5.33. The molecule has 1 saturated carbocycles. The number of anilines is 1. The third-order valence-electron chi connectivity index (χ3n) is 3.64. The molecule has 1 fully saturated rings. The molecule has 0 bridgehead atoms. The molecule has 0 saturated heterocycles. The van der Waals surface area contributed by atoms with E-state index < -0.39 is 0 Å². The van der Waals surface area contributed by atoms with E-state index in [1.165, 1.54) is 37.8 Å². The van der Waals surface area contributed by atoms with E-state index in [1.807, 2.05) is 13.1 Å². The number of aryl methyl sites for hydroxylation is 1. The van der Waals surface area contributed by atoms with E-state index in [2.05, 4.69) is 29.4 Å². The molecule has 0 amide bonds. The molecule has 2 atom stereocenters. The van der Waals surface area contributed by atoms with E-state index in [4.69, 9.17) is 0 Å². The monoisotopic (exact) mass is 218 g/mol. The van der Waals surface area contributed by atoms with Gasteiger partial charge < -0.3 is 5.32 Å². The van der Waals surface area contributed by atoms with Gasteiger partial charge >= 0.3 is 0 Å². The van der Waals surface area contributed by atoms with Crippen molar-refractivity contribution in [3.05, 3.63) is 24.0 Å². The van der Waals surface area contributed by atoms with Crippen molar-refractivity contribution in [2.24, 2.45) is 5.92 Å².